The molecule has 1 aliphatic rings. The van der Waals surface area contributed by atoms with Gasteiger partial charge in [-0.3, -0.25) is 4.79 Å². The van der Waals surface area contributed by atoms with Crippen molar-refractivity contribution in [2.45, 2.75) is 45.9 Å². The van der Waals surface area contributed by atoms with E-state index in [2.05, 4.69) is 9.97 Å². The lowest BCUT2D eigenvalue weighted by molar-refractivity contribution is -0.159. The van der Waals surface area contributed by atoms with E-state index in [1.165, 1.54) is 17.2 Å². The Morgan fingerprint density at radius 3 is 2.64 bits per heavy atom. The highest BCUT2D eigenvalue weighted by molar-refractivity contribution is 6.33. The van der Waals surface area contributed by atoms with Crippen LogP contribution in [0.1, 0.15) is 43.6 Å². The van der Waals surface area contributed by atoms with E-state index in [1.54, 1.807) is 33.8 Å². The largest absolute Gasteiger partial charge is 0.458 e. The van der Waals surface area contributed by atoms with Crippen LogP contribution in [0.2, 0.25) is 10.3 Å². The molecule has 0 bridgehead atoms. The standard InChI is InChI=1S/C19H18Cl2FN3O3/c1-9(17(27)28-19(2,3)4)25-8-10-5-6-11(14(22)13(10)16(25)26)15-12(20)7-23-18(21)24-15/h5-7,9H,8H2,1-4H3/t9-/m1/s1. The maximum Gasteiger partial charge on any atom is 0.329 e. The smallest absolute Gasteiger partial charge is 0.329 e. The predicted molar refractivity (Wildman–Crippen MR) is 103 cm³/mol. The van der Waals surface area contributed by atoms with E-state index in [-0.39, 0.29) is 33.7 Å². The zero-order valence-corrected chi connectivity index (χ0v) is 17.2. The highest BCUT2D eigenvalue weighted by atomic mass is 35.5. The second-order valence-electron chi connectivity index (χ2n) is 7.44. The molecule has 9 heteroatoms. The molecule has 0 saturated carbocycles. The minimum absolute atomic E-state index is 0.0353. The van der Waals surface area contributed by atoms with Gasteiger partial charge in [0.15, 0.2) is 0 Å². The first-order valence-corrected chi connectivity index (χ1v) is 9.29. The maximum atomic E-state index is 15.2. The third-order valence-corrected chi connectivity index (χ3v) is 4.69. The molecule has 2 aromatic rings. The van der Waals surface area contributed by atoms with E-state index in [4.69, 9.17) is 27.9 Å². The molecule has 3 rings (SSSR count). The number of hydrogen-bond acceptors (Lipinski definition) is 5. The number of amides is 1. The van der Waals surface area contributed by atoms with Gasteiger partial charge in [0.2, 0.25) is 5.28 Å². The fourth-order valence-corrected chi connectivity index (χ4v) is 3.25. The number of esters is 1. The van der Waals surface area contributed by atoms with E-state index in [1.807, 2.05) is 0 Å². The van der Waals surface area contributed by atoms with Crippen LogP contribution in [0.5, 0.6) is 0 Å². The highest BCUT2D eigenvalue weighted by Crippen LogP contribution is 2.35. The molecule has 0 N–H and O–H groups in total. The molecule has 1 aromatic carbocycles. The third kappa shape index (κ3) is 3.82. The number of rotatable bonds is 3. The van der Waals surface area contributed by atoms with Crippen LogP contribution in [0, 0.1) is 5.82 Å². The van der Waals surface area contributed by atoms with Crippen molar-refractivity contribution in [3.8, 4) is 11.3 Å². The molecule has 0 fully saturated rings. The van der Waals surface area contributed by atoms with Crippen molar-refractivity contribution in [2.24, 2.45) is 0 Å². The Balaban J connectivity index is 1.96. The van der Waals surface area contributed by atoms with Gasteiger partial charge in [-0.25, -0.2) is 19.2 Å². The Morgan fingerprint density at radius 1 is 1.32 bits per heavy atom. The van der Waals surface area contributed by atoms with Crippen LogP contribution in [0.25, 0.3) is 11.3 Å². The molecule has 1 atom stereocenters. The molecule has 0 radical (unpaired) electrons. The average molecular weight is 426 g/mol. The van der Waals surface area contributed by atoms with Crippen molar-refractivity contribution in [1.82, 2.24) is 14.9 Å². The molecular formula is C19H18Cl2FN3O3. The molecule has 6 nitrogen and oxygen atoms in total. The Morgan fingerprint density at radius 2 is 2.00 bits per heavy atom. The maximum absolute atomic E-state index is 15.2. The number of halogens is 3. The summed E-state index contributed by atoms with van der Waals surface area (Å²) in [5.41, 5.74) is -0.208. The fourth-order valence-electron chi connectivity index (χ4n) is 2.92. The van der Waals surface area contributed by atoms with Gasteiger partial charge in [-0.05, 0) is 50.9 Å². The lowest BCUT2D eigenvalue weighted by atomic mass is 10.0. The highest BCUT2D eigenvalue weighted by Gasteiger charge is 2.38. The van der Waals surface area contributed by atoms with Crippen molar-refractivity contribution in [3.05, 3.63) is 45.6 Å². The zero-order chi connectivity index (χ0) is 20.8. The van der Waals surface area contributed by atoms with Gasteiger partial charge in [0.25, 0.3) is 5.91 Å². The molecule has 28 heavy (non-hydrogen) atoms. The van der Waals surface area contributed by atoms with Crippen LogP contribution in [0.4, 0.5) is 4.39 Å². The lowest BCUT2D eigenvalue weighted by Crippen LogP contribution is -2.42. The molecule has 2 heterocycles. The number of nitrogens with zero attached hydrogens (tertiary/aromatic N) is 3. The number of benzene rings is 1. The molecule has 1 aliphatic heterocycles. The summed E-state index contributed by atoms with van der Waals surface area (Å²) in [7, 11) is 0. The molecule has 0 aliphatic carbocycles. The third-order valence-electron chi connectivity index (χ3n) is 4.23. The average Bonchev–Trinajstić information content (AvgIpc) is 2.93. The molecule has 0 unspecified atom stereocenters. The fraction of sp³-hybridized carbons (Fsp3) is 0.368. The van der Waals surface area contributed by atoms with Gasteiger partial charge < -0.3 is 9.64 Å². The number of hydrogen-bond donors (Lipinski definition) is 0. The van der Waals surface area contributed by atoms with Crippen molar-refractivity contribution in [1.29, 1.82) is 0 Å². The Bertz CT molecular complexity index is 976. The summed E-state index contributed by atoms with van der Waals surface area (Å²) >= 11 is 11.9. The van der Waals surface area contributed by atoms with Crippen LogP contribution in [-0.2, 0) is 16.1 Å². The zero-order valence-electron chi connectivity index (χ0n) is 15.7. The second kappa shape index (κ2) is 7.29. The molecule has 148 valence electrons. The quantitative estimate of drug-likeness (QED) is 0.541. The van der Waals surface area contributed by atoms with Crippen molar-refractivity contribution < 1.29 is 18.7 Å². The number of carbonyl (C=O) groups is 2. The first-order chi connectivity index (χ1) is 13.0. The van der Waals surface area contributed by atoms with Gasteiger partial charge in [-0.2, -0.15) is 0 Å². The molecule has 0 saturated heterocycles. The lowest BCUT2D eigenvalue weighted by Gasteiger charge is -2.27. The molecule has 0 spiro atoms. The summed E-state index contributed by atoms with van der Waals surface area (Å²) in [5.74, 6) is -1.91. The normalized spacial score (nSPS) is 14.8. The van der Waals surface area contributed by atoms with E-state index in [0.29, 0.717) is 5.56 Å². The summed E-state index contributed by atoms with van der Waals surface area (Å²) in [6.45, 7) is 6.86. The van der Waals surface area contributed by atoms with Gasteiger partial charge in [0.1, 0.15) is 17.5 Å². The van der Waals surface area contributed by atoms with Crippen molar-refractivity contribution in [3.63, 3.8) is 0 Å². The summed E-state index contributed by atoms with van der Waals surface area (Å²) < 4.78 is 20.5. The summed E-state index contributed by atoms with van der Waals surface area (Å²) in [4.78, 5) is 34.2. The first kappa shape index (κ1) is 20.5. The van der Waals surface area contributed by atoms with Gasteiger partial charge in [-0.15, -0.1) is 0 Å². The predicted octanol–water partition coefficient (Wildman–Crippen LogP) is 4.28. The van der Waals surface area contributed by atoms with Gasteiger partial charge in [0, 0.05) is 12.1 Å². The van der Waals surface area contributed by atoms with E-state index in [9.17, 15) is 9.59 Å². The van der Waals surface area contributed by atoms with Crippen LogP contribution < -0.4 is 0 Å². The second-order valence-corrected chi connectivity index (χ2v) is 8.18. The minimum atomic E-state index is -0.862. The van der Waals surface area contributed by atoms with E-state index in [0.717, 1.165) is 0 Å². The van der Waals surface area contributed by atoms with Crippen LogP contribution >= 0.6 is 23.2 Å². The SMILES string of the molecule is C[C@H](C(=O)OC(C)(C)C)N1Cc2ccc(-c3nc(Cl)ncc3Cl)c(F)c2C1=O. The number of carbonyl (C=O) groups excluding carboxylic acids is 2. The Hall–Kier alpha value is -2.25. The van der Waals surface area contributed by atoms with Gasteiger partial charge >= 0.3 is 5.97 Å². The number of ether oxygens (including phenoxy) is 1. The van der Waals surface area contributed by atoms with E-state index < -0.39 is 29.3 Å². The molecule has 1 amide bonds. The molecule has 1 aromatic heterocycles. The Kier molecular flexibility index (Phi) is 5.34. The van der Waals surface area contributed by atoms with Gasteiger partial charge in [-0.1, -0.05) is 17.7 Å². The molecular weight excluding hydrogens is 408 g/mol. The van der Waals surface area contributed by atoms with Crippen molar-refractivity contribution >= 4 is 35.1 Å². The monoisotopic (exact) mass is 425 g/mol. The van der Waals surface area contributed by atoms with Crippen LogP contribution in [-0.4, -0.2) is 38.4 Å². The summed E-state index contributed by atoms with van der Waals surface area (Å²) in [6, 6.07) is 2.23. The summed E-state index contributed by atoms with van der Waals surface area (Å²) in [6.07, 6.45) is 1.26. The number of aromatic nitrogens is 2. The Labute approximate surface area is 171 Å². The van der Waals surface area contributed by atoms with Crippen molar-refractivity contribution in [2.75, 3.05) is 0 Å². The first-order valence-electron chi connectivity index (χ1n) is 8.53. The number of fused-ring (bicyclic) bond motifs is 1. The van der Waals surface area contributed by atoms with Crippen LogP contribution in [0.3, 0.4) is 0 Å². The summed E-state index contributed by atoms with van der Waals surface area (Å²) in [5, 5.41) is 0.0125. The van der Waals surface area contributed by atoms with E-state index >= 15 is 4.39 Å². The van der Waals surface area contributed by atoms with Crippen LogP contribution in [0.15, 0.2) is 18.3 Å². The topological polar surface area (TPSA) is 72.4 Å². The minimum Gasteiger partial charge on any atom is -0.458 e. The van der Waals surface area contributed by atoms with Gasteiger partial charge in [0.05, 0.1) is 22.5 Å².